The quantitative estimate of drug-likeness (QED) is 0.845. The topological polar surface area (TPSA) is 63.7 Å². The molecule has 0 radical (unpaired) electrons. The summed E-state index contributed by atoms with van der Waals surface area (Å²) in [6.45, 7) is 0. The monoisotopic (exact) mass is 310 g/mol. The van der Waals surface area contributed by atoms with Gasteiger partial charge in [-0.2, -0.15) is 5.26 Å². The molecule has 1 fully saturated rings. The van der Waals surface area contributed by atoms with Crippen LogP contribution in [0.15, 0.2) is 24.3 Å². The van der Waals surface area contributed by atoms with E-state index in [1.807, 2.05) is 24.3 Å². The summed E-state index contributed by atoms with van der Waals surface area (Å²) in [4.78, 5) is 0. The van der Waals surface area contributed by atoms with Crippen LogP contribution in [0.1, 0.15) is 49.9 Å². The van der Waals surface area contributed by atoms with E-state index in [1.54, 1.807) is 11.8 Å². The van der Waals surface area contributed by atoms with Crippen LogP contribution in [0.3, 0.4) is 0 Å². The lowest BCUT2D eigenvalue weighted by Crippen LogP contribution is -2.10. The summed E-state index contributed by atoms with van der Waals surface area (Å²) < 4.78 is 7.06. The van der Waals surface area contributed by atoms with Crippen LogP contribution in [0, 0.1) is 17.2 Å². The lowest BCUT2D eigenvalue weighted by Gasteiger charge is -2.21. The molecule has 0 aliphatic heterocycles. The zero-order valence-corrected chi connectivity index (χ0v) is 13.5. The number of hydrogen-bond donors (Lipinski definition) is 0. The second-order valence-corrected chi connectivity index (χ2v) is 6.15. The Morgan fingerprint density at radius 3 is 2.87 bits per heavy atom. The Bertz CT molecular complexity index is 695. The molecule has 0 atom stereocenters. The predicted molar refractivity (Wildman–Crippen MR) is 87.5 cm³/mol. The van der Waals surface area contributed by atoms with Crippen molar-refractivity contribution in [1.29, 1.82) is 5.26 Å². The van der Waals surface area contributed by atoms with Gasteiger partial charge >= 0.3 is 0 Å². The SMILES string of the molecule is COc1cccc(-n2nnc(C#N)c2CCC2CCCCC2)c1. The first-order valence-corrected chi connectivity index (χ1v) is 8.31. The number of hydrogen-bond acceptors (Lipinski definition) is 4. The molecule has 1 aliphatic carbocycles. The number of aromatic nitrogens is 3. The van der Waals surface area contributed by atoms with E-state index < -0.39 is 0 Å². The molecule has 0 amide bonds. The van der Waals surface area contributed by atoms with Gasteiger partial charge in [-0.05, 0) is 30.9 Å². The smallest absolute Gasteiger partial charge is 0.186 e. The van der Waals surface area contributed by atoms with E-state index in [4.69, 9.17) is 4.74 Å². The van der Waals surface area contributed by atoms with Gasteiger partial charge in [-0.15, -0.1) is 5.10 Å². The number of methoxy groups -OCH3 is 1. The average molecular weight is 310 g/mol. The van der Waals surface area contributed by atoms with Crippen LogP contribution in [0.5, 0.6) is 5.75 Å². The molecule has 3 rings (SSSR count). The first-order chi connectivity index (χ1) is 11.3. The van der Waals surface area contributed by atoms with Crippen LogP contribution < -0.4 is 4.74 Å². The van der Waals surface area contributed by atoms with Gasteiger partial charge < -0.3 is 4.74 Å². The Morgan fingerprint density at radius 1 is 1.30 bits per heavy atom. The van der Waals surface area contributed by atoms with Gasteiger partial charge in [-0.1, -0.05) is 43.4 Å². The Balaban J connectivity index is 1.83. The largest absolute Gasteiger partial charge is 0.497 e. The molecule has 120 valence electrons. The zero-order chi connectivity index (χ0) is 16.1. The van der Waals surface area contributed by atoms with E-state index in [9.17, 15) is 5.26 Å². The van der Waals surface area contributed by atoms with Crippen LogP contribution in [0.2, 0.25) is 0 Å². The maximum Gasteiger partial charge on any atom is 0.186 e. The Hall–Kier alpha value is -2.35. The van der Waals surface area contributed by atoms with Crippen molar-refractivity contribution in [2.45, 2.75) is 44.9 Å². The van der Waals surface area contributed by atoms with Crippen molar-refractivity contribution >= 4 is 0 Å². The molecule has 0 bridgehead atoms. The van der Waals surface area contributed by atoms with Crippen LogP contribution in [0.25, 0.3) is 5.69 Å². The fourth-order valence-electron chi connectivity index (χ4n) is 3.38. The zero-order valence-electron chi connectivity index (χ0n) is 13.5. The normalized spacial score (nSPS) is 15.3. The summed E-state index contributed by atoms with van der Waals surface area (Å²) in [7, 11) is 1.64. The minimum atomic E-state index is 0.434. The highest BCUT2D eigenvalue weighted by Crippen LogP contribution is 2.28. The molecule has 2 aromatic rings. The predicted octanol–water partition coefficient (Wildman–Crippen LogP) is 3.66. The van der Waals surface area contributed by atoms with Gasteiger partial charge in [0.15, 0.2) is 5.69 Å². The third kappa shape index (κ3) is 3.53. The molecule has 0 unspecified atom stereocenters. The van der Waals surface area contributed by atoms with Gasteiger partial charge in [0, 0.05) is 6.07 Å². The summed E-state index contributed by atoms with van der Waals surface area (Å²) in [6, 6.07) is 9.87. The lowest BCUT2D eigenvalue weighted by molar-refractivity contribution is 0.337. The fraction of sp³-hybridized carbons (Fsp3) is 0.500. The molecule has 0 saturated heterocycles. The van der Waals surface area contributed by atoms with Crippen molar-refractivity contribution in [3.63, 3.8) is 0 Å². The van der Waals surface area contributed by atoms with Gasteiger partial charge in [-0.3, -0.25) is 0 Å². The van der Waals surface area contributed by atoms with Gasteiger partial charge in [-0.25, -0.2) is 4.68 Å². The van der Waals surface area contributed by atoms with E-state index in [-0.39, 0.29) is 0 Å². The second kappa shape index (κ2) is 7.28. The van der Waals surface area contributed by atoms with Gasteiger partial charge in [0.1, 0.15) is 11.8 Å². The molecule has 1 aliphatic rings. The summed E-state index contributed by atoms with van der Waals surface area (Å²) in [5.74, 6) is 1.54. The van der Waals surface area contributed by atoms with E-state index in [0.29, 0.717) is 5.69 Å². The maximum absolute atomic E-state index is 9.33. The second-order valence-electron chi connectivity index (χ2n) is 6.15. The van der Waals surface area contributed by atoms with Crippen molar-refractivity contribution in [2.24, 2.45) is 5.92 Å². The van der Waals surface area contributed by atoms with E-state index in [2.05, 4.69) is 16.4 Å². The van der Waals surface area contributed by atoms with E-state index in [0.717, 1.165) is 35.9 Å². The number of ether oxygens (including phenoxy) is 1. The molecule has 5 heteroatoms. The molecule has 0 N–H and O–H groups in total. The van der Waals surface area contributed by atoms with Crippen LogP contribution in [0.4, 0.5) is 0 Å². The number of rotatable bonds is 5. The number of benzene rings is 1. The number of nitrogens with zero attached hydrogens (tertiary/aromatic N) is 4. The van der Waals surface area contributed by atoms with Crippen molar-refractivity contribution in [3.05, 3.63) is 35.7 Å². The highest BCUT2D eigenvalue weighted by Gasteiger charge is 2.18. The number of nitriles is 1. The summed E-state index contributed by atoms with van der Waals surface area (Å²) in [5, 5.41) is 17.6. The Labute approximate surface area is 136 Å². The van der Waals surface area contributed by atoms with E-state index in [1.165, 1.54) is 32.1 Å². The highest BCUT2D eigenvalue weighted by atomic mass is 16.5. The molecule has 0 spiro atoms. The first kappa shape index (κ1) is 15.5. The minimum absolute atomic E-state index is 0.434. The molecule has 1 aromatic heterocycles. The molecular formula is C18H22N4O. The van der Waals surface area contributed by atoms with Crippen molar-refractivity contribution in [3.8, 4) is 17.5 Å². The highest BCUT2D eigenvalue weighted by molar-refractivity contribution is 5.41. The summed E-state index contributed by atoms with van der Waals surface area (Å²) in [5.41, 5.74) is 2.23. The van der Waals surface area contributed by atoms with Gasteiger partial charge in [0.2, 0.25) is 0 Å². The van der Waals surface area contributed by atoms with Gasteiger partial charge in [0.05, 0.1) is 18.5 Å². The minimum Gasteiger partial charge on any atom is -0.497 e. The van der Waals surface area contributed by atoms with Crippen LogP contribution in [-0.4, -0.2) is 22.1 Å². The lowest BCUT2D eigenvalue weighted by atomic mass is 9.85. The van der Waals surface area contributed by atoms with Crippen molar-refractivity contribution in [1.82, 2.24) is 15.0 Å². The first-order valence-electron chi connectivity index (χ1n) is 8.31. The van der Waals surface area contributed by atoms with E-state index >= 15 is 0 Å². The third-order valence-corrected chi connectivity index (χ3v) is 4.68. The molecule has 1 heterocycles. The van der Waals surface area contributed by atoms with Gasteiger partial charge in [0.25, 0.3) is 0 Å². The fourth-order valence-corrected chi connectivity index (χ4v) is 3.38. The van der Waals surface area contributed by atoms with Crippen LogP contribution in [-0.2, 0) is 6.42 Å². The van der Waals surface area contributed by atoms with Crippen molar-refractivity contribution in [2.75, 3.05) is 7.11 Å². The summed E-state index contributed by atoms with van der Waals surface area (Å²) in [6.07, 6.45) is 8.60. The Kier molecular flexibility index (Phi) is 4.92. The van der Waals surface area contributed by atoms with Crippen molar-refractivity contribution < 1.29 is 4.74 Å². The molecule has 1 aromatic carbocycles. The van der Waals surface area contributed by atoms with Crippen LogP contribution >= 0.6 is 0 Å². The standard InChI is InChI=1S/C18H22N4O/c1-23-16-9-5-8-15(12-16)22-18(17(13-19)20-21-22)11-10-14-6-3-2-4-7-14/h5,8-9,12,14H,2-4,6-7,10-11H2,1H3. The molecule has 1 saturated carbocycles. The Morgan fingerprint density at radius 2 is 2.13 bits per heavy atom. The average Bonchev–Trinajstić information content (AvgIpc) is 3.04. The molecule has 5 nitrogen and oxygen atoms in total. The third-order valence-electron chi connectivity index (χ3n) is 4.68. The maximum atomic E-state index is 9.33. The molecular weight excluding hydrogens is 288 g/mol. The summed E-state index contributed by atoms with van der Waals surface area (Å²) >= 11 is 0. The molecule has 23 heavy (non-hydrogen) atoms.